The Morgan fingerprint density at radius 2 is 0.778 bits per heavy atom. The molecule has 36 heavy (non-hydrogen) atoms. The molecule has 2 aromatic rings. The first-order valence-corrected chi connectivity index (χ1v) is 18.7. The summed E-state index contributed by atoms with van der Waals surface area (Å²) < 4.78 is 0. The first kappa shape index (κ1) is 30.4. The molecule has 0 amide bonds. The molecule has 0 bridgehead atoms. The average molecular weight is 521 g/mol. The Balaban J connectivity index is 2.65. The molecule has 0 radical (unpaired) electrons. The maximum Gasteiger partial charge on any atom is 0.0964 e. The van der Waals surface area contributed by atoms with Crippen molar-refractivity contribution in [2.75, 3.05) is 0 Å². The molecule has 0 aliphatic heterocycles. The lowest BCUT2D eigenvalue weighted by Gasteiger charge is -2.40. The minimum Gasteiger partial charge on any atom is -0.254 e. The van der Waals surface area contributed by atoms with E-state index >= 15 is 0 Å². The van der Waals surface area contributed by atoms with Gasteiger partial charge in [0.05, 0.1) is 27.5 Å². The van der Waals surface area contributed by atoms with E-state index < -0.39 is 16.1 Å². The van der Waals surface area contributed by atoms with Crippen LogP contribution >= 0.6 is 0 Å². The highest BCUT2D eigenvalue weighted by molar-refractivity contribution is 6.89. The number of aromatic nitrogens is 2. The number of hydrogen-bond donors (Lipinski definition) is 0. The van der Waals surface area contributed by atoms with Gasteiger partial charge in [-0.2, -0.15) is 0 Å². The third-order valence-corrected chi connectivity index (χ3v) is 22.5. The van der Waals surface area contributed by atoms with Crippen LogP contribution in [0.2, 0.25) is 33.2 Å². The van der Waals surface area contributed by atoms with E-state index in [2.05, 4.69) is 131 Å². The van der Waals surface area contributed by atoms with Gasteiger partial charge >= 0.3 is 0 Å². The molecule has 0 saturated carbocycles. The second kappa shape index (κ2) is 12.6. The molecule has 198 valence electrons. The van der Waals surface area contributed by atoms with Crippen molar-refractivity contribution in [3.8, 4) is 11.4 Å². The van der Waals surface area contributed by atoms with E-state index in [1.165, 1.54) is 11.1 Å². The van der Waals surface area contributed by atoms with Crippen LogP contribution in [-0.4, -0.2) is 26.1 Å². The highest BCUT2D eigenvalue weighted by Gasteiger charge is 2.41. The second-order valence-electron chi connectivity index (χ2n) is 12.5. The molecular weight excluding hydrogens is 469 g/mol. The Labute approximate surface area is 224 Å². The van der Waals surface area contributed by atoms with Crippen molar-refractivity contribution in [2.24, 2.45) is 0 Å². The summed E-state index contributed by atoms with van der Waals surface area (Å²) in [7, 11) is -3.33. The third-order valence-electron chi connectivity index (χ3n) is 9.01. The van der Waals surface area contributed by atoms with Gasteiger partial charge < -0.3 is 0 Å². The number of pyridine rings is 2. The van der Waals surface area contributed by atoms with Crippen LogP contribution in [-0.2, 0) is 0 Å². The van der Waals surface area contributed by atoms with Crippen LogP contribution in [0.1, 0.15) is 94.2 Å². The van der Waals surface area contributed by atoms with E-state index in [4.69, 9.17) is 9.97 Å². The monoisotopic (exact) mass is 520 g/mol. The number of hydrogen-bond acceptors (Lipinski definition) is 2. The van der Waals surface area contributed by atoms with Gasteiger partial charge in [-0.25, -0.2) is 0 Å². The van der Waals surface area contributed by atoms with E-state index in [9.17, 15) is 0 Å². The van der Waals surface area contributed by atoms with E-state index in [0.29, 0.717) is 33.2 Å². The second-order valence-corrected chi connectivity index (χ2v) is 24.1. The summed E-state index contributed by atoms with van der Waals surface area (Å²) in [6.45, 7) is 29.0. The van der Waals surface area contributed by atoms with E-state index in [1.807, 2.05) is 12.4 Å². The average Bonchev–Trinajstić information content (AvgIpc) is 2.79. The highest BCUT2D eigenvalue weighted by Crippen LogP contribution is 2.44. The lowest BCUT2D eigenvalue weighted by Crippen LogP contribution is -2.42. The molecule has 4 heteroatoms. The predicted molar refractivity (Wildman–Crippen MR) is 168 cm³/mol. The van der Waals surface area contributed by atoms with Crippen LogP contribution in [0.4, 0.5) is 0 Å². The summed E-state index contributed by atoms with van der Waals surface area (Å²) in [4.78, 5) is 9.75. The fraction of sp³-hybridized carbons (Fsp3) is 0.562. The van der Waals surface area contributed by atoms with Crippen LogP contribution in [0.5, 0.6) is 0 Å². The van der Waals surface area contributed by atoms with Crippen molar-refractivity contribution >= 4 is 28.3 Å². The standard InChI is InChI=1S/C32H52N2Si2/c1-23(2)35(24(3)4,25(5)6)21-17-29-15-13-19-33-31(29)32-30(16-14-20-34-32)18-22-36(26(7)8,27(9)10)28(11)12/h13-28H,1-12H3/b21-17+,22-18+. The number of rotatable bonds is 11. The molecule has 0 spiro atoms. The molecule has 0 atom stereocenters. The number of nitrogens with zero attached hydrogens (tertiary/aromatic N) is 2. The molecule has 2 heterocycles. The van der Waals surface area contributed by atoms with Gasteiger partial charge in [0.1, 0.15) is 0 Å². The van der Waals surface area contributed by atoms with Crippen molar-refractivity contribution in [1.82, 2.24) is 9.97 Å². The summed E-state index contributed by atoms with van der Waals surface area (Å²) >= 11 is 0. The fourth-order valence-corrected chi connectivity index (χ4v) is 18.4. The molecular formula is C32H52N2Si2. The first-order valence-electron chi connectivity index (χ1n) is 14.1. The molecule has 0 aliphatic rings. The predicted octanol–water partition coefficient (Wildman–Crippen LogP) is 10.6. The molecule has 2 aromatic heterocycles. The van der Waals surface area contributed by atoms with Crippen molar-refractivity contribution in [2.45, 2.75) is 116 Å². The largest absolute Gasteiger partial charge is 0.254 e. The zero-order valence-electron chi connectivity index (χ0n) is 25.1. The Hall–Kier alpha value is -1.79. The van der Waals surface area contributed by atoms with Gasteiger partial charge in [0, 0.05) is 23.5 Å². The van der Waals surface area contributed by atoms with Crippen molar-refractivity contribution < 1.29 is 0 Å². The molecule has 0 aromatic carbocycles. The first-order chi connectivity index (χ1) is 16.8. The van der Waals surface area contributed by atoms with E-state index in [1.54, 1.807) is 0 Å². The lowest BCUT2D eigenvalue weighted by atomic mass is 10.1. The minimum absolute atomic E-state index is 0.684. The SMILES string of the molecule is CC(C)[Si](/C=C/c1cccnc1-c1ncccc1/C=C/[Si](C(C)C)(C(C)C)C(C)C)(C(C)C)C(C)C. The fourth-order valence-electron chi connectivity index (χ4n) is 7.12. The summed E-state index contributed by atoms with van der Waals surface area (Å²) in [5, 5.41) is 0. The van der Waals surface area contributed by atoms with Gasteiger partial charge in [-0.05, 0) is 45.4 Å². The summed E-state index contributed by atoms with van der Waals surface area (Å²) in [5.41, 5.74) is 13.6. The molecule has 0 aliphatic carbocycles. The Morgan fingerprint density at radius 3 is 1.03 bits per heavy atom. The third kappa shape index (κ3) is 6.02. The van der Waals surface area contributed by atoms with Crippen LogP contribution in [0.25, 0.3) is 23.5 Å². The van der Waals surface area contributed by atoms with Crippen LogP contribution in [0.3, 0.4) is 0 Å². The van der Waals surface area contributed by atoms with Gasteiger partial charge in [0.15, 0.2) is 0 Å². The Morgan fingerprint density at radius 1 is 0.500 bits per heavy atom. The van der Waals surface area contributed by atoms with Crippen molar-refractivity contribution in [1.29, 1.82) is 0 Å². The summed E-state index contributed by atoms with van der Waals surface area (Å²) in [6.07, 6.45) is 8.54. The van der Waals surface area contributed by atoms with Gasteiger partial charge in [-0.1, -0.05) is 119 Å². The van der Waals surface area contributed by atoms with Gasteiger partial charge in [0.2, 0.25) is 0 Å². The summed E-state index contributed by atoms with van der Waals surface area (Å²) in [5.74, 6) is 0. The van der Waals surface area contributed by atoms with Crippen LogP contribution < -0.4 is 0 Å². The molecule has 0 N–H and O–H groups in total. The van der Waals surface area contributed by atoms with Crippen LogP contribution in [0, 0.1) is 0 Å². The normalized spacial score (nSPS) is 13.7. The summed E-state index contributed by atoms with van der Waals surface area (Å²) in [6, 6.07) is 8.52. The van der Waals surface area contributed by atoms with Crippen molar-refractivity contribution in [3.63, 3.8) is 0 Å². The molecule has 0 saturated heterocycles. The topological polar surface area (TPSA) is 25.8 Å². The Kier molecular flexibility index (Phi) is 10.7. The Bertz CT molecular complexity index is 905. The quantitative estimate of drug-likeness (QED) is 0.275. The van der Waals surface area contributed by atoms with Crippen LogP contribution in [0.15, 0.2) is 48.1 Å². The van der Waals surface area contributed by atoms with E-state index in [0.717, 1.165) is 11.4 Å². The van der Waals surface area contributed by atoms with Crippen molar-refractivity contribution in [3.05, 3.63) is 59.2 Å². The molecule has 2 rings (SSSR count). The highest BCUT2D eigenvalue weighted by atomic mass is 28.3. The van der Waals surface area contributed by atoms with Gasteiger partial charge in [-0.15, -0.1) is 0 Å². The maximum atomic E-state index is 4.87. The zero-order valence-corrected chi connectivity index (χ0v) is 27.1. The molecule has 0 fully saturated rings. The maximum absolute atomic E-state index is 4.87. The zero-order chi connectivity index (χ0) is 27.3. The molecule has 2 nitrogen and oxygen atoms in total. The molecule has 0 unspecified atom stereocenters. The minimum atomic E-state index is -1.66. The van der Waals surface area contributed by atoms with Gasteiger partial charge in [0.25, 0.3) is 0 Å². The van der Waals surface area contributed by atoms with Gasteiger partial charge in [-0.3, -0.25) is 9.97 Å². The lowest BCUT2D eigenvalue weighted by molar-refractivity contribution is 0.834. The van der Waals surface area contributed by atoms with E-state index in [-0.39, 0.29) is 0 Å². The smallest absolute Gasteiger partial charge is 0.0964 e.